The number of hydrogen-bond donors (Lipinski definition) is 2. The number of quaternary nitrogens is 1. The molecule has 0 radical (unpaired) electrons. The number of allylic oxidation sites excluding steroid dienone is 9. The van der Waals surface area contributed by atoms with Gasteiger partial charge in [0.2, 0.25) is 5.91 Å². The van der Waals surface area contributed by atoms with Crippen molar-refractivity contribution in [2.75, 3.05) is 40.9 Å². The molecular weight excluding hydrogens is 940 g/mol. The molecule has 0 aliphatic rings. The van der Waals surface area contributed by atoms with Crippen LogP contribution in [-0.4, -0.2) is 74.3 Å². The zero-order chi connectivity index (χ0) is 54.3. The molecule has 432 valence electrons. The number of ether oxygens (including phenoxy) is 1. The summed E-state index contributed by atoms with van der Waals surface area (Å²) in [7, 11) is 1.49. The Balaban J connectivity index is 5.18. The number of phosphoric ester groups is 1. The van der Waals surface area contributed by atoms with Gasteiger partial charge in [0.15, 0.2) is 0 Å². The van der Waals surface area contributed by atoms with E-state index < -0.39 is 20.0 Å². The van der Waals surface area contributed by atoms with Gasteiger partial charge in [0, 0.05) is 12.8 Å². The smallest absolute Gasteiger partial charge is 0.456 e. The molecule has 0 aromatic rings. The molecule has 9 nitrogen and oxygen atoms in total. The van der Waals surface area contributed by atoms with Gasteiger partial charge in [-0.15, -0.1) is 0 Å². The Hall–Kier alpha value is -2.29. The number of amides is 1. The van der Waals surface area contributed by atoms with E-state index in [0.29, 0.717) is 23.9 Å². The molecule has 0 rings (SSSR count). The van der Waals surface area contributed by atoms with Crippen molar-refractivity contribution in [1.29, 1.82) is 0 Å². The van der Waals surface area contributed by atoms with Crippen molar-refractivity contribution < 1.29 is 37.3 Å². The Kier molecular flexibility index (Phi) is 52.4. The molecular formula is C64H120N2O7P+. The summed E-state index contributed by atoms with van der Waals surface area (Å²) >= 11 is 0. The van der Waals surface area contributed by atoms with Crippen molar-refractivity contribution in [2.24, 2.45) is 0 Å². The Morgan fingerprint density at radius 3 is 1.26 bits per heavy atom. The summed E-state index contributed by atoms with van der Waals surface area (Å²) in [6.45, 7) is 6.98. The van der Waals surface area contributed by atoms with E-state index >= 15 is 0 Å². The van der Waals surface area contributed by atoms with E-state index in [-0.39, 0.29) is 25.1 Å². The third-order valence-corrected chi connectivity index (χ3v) is 14.7. The molecule has 0 aliphatic heterocycles. The van der Waals surface area contributed by atoms with Gasteiger partial charge in [0.25, 0.3) is 0 Å². The van der Waals surface area contributed by atoms with Crippen LogP contribution in [0.1, 0.15) is 284 Å². The van der Waals surface area contributed by atoms with E-state index in [4.69, 9.17) is 13.8 Å². The number of nitrogens with one attached hydrogen (secondary N) is 1. The summed E-state index contributed by atoms with van der Waals surface area (Å²) in [5.74, 6) is -0.511. The minimum Gasteiger partial charge on any atom is -0.456 e. The van der Waals surface area contributed by atoms with E-state index in [9.17, 15) is 19.0 Å². The first-order valence-electron chi connectivity index (χ1n) is 31.1. The zero-order valence-corrected chi connectivity index (χ0v) is 50.2. The van der Waals surface area contributed by atoms with Crippen molar-refractivity contribution in [3.05, 3.63) is 60.8 Å². The summed E-state index contributed by atoms with van der Waals surface area (Å²) in [6, 6.07) is -0.853. The summed E-state index contributed by atoms with van der Waals surface area (Å²) in [4.78, 5) is 37.7. The number of nitrogens with zero attached hydrogens (tertiary/aromatic N) is 1. The molecule has 0 aromatic carbocycles. The number of likely N-dealkylation sites (N-methyl/N-ethyl adjacent to an activating group) is 1. The largest absolute Gasteiger partial charge is 0.472 e. The predicted octanol–water partition coefficient (Wildman–Crippen LogP) is 19.1. The van der Waals surface area contributed by atoms with Gasteiger partial charge in [0.05, 0.1) is 33.8 Å². The quantitative estimate of drug-likeness (QED) is 0.0205. The van der Waals surface area contributed by atoms with E-state index in [2.05, 4.69) is 74.7 Å². The molecule has 0 saturated heterocycles. The van der Waals surface area contributed by atoms with Gasteiger partial charge in [-0.25, -0.2) is 4.57 Å². The molecule has 10 heteroatoms. The number of hydrogen-bond acceptors (Lipinski definition) is 6. The van der Waals surface area contributed by atoms with Crippen LogP contribution >= 0.6 is 7.82 Å². The highest BCUT2D eigenvalue weighted by Gasteiger charge is 2.30. The second kappa shape index (κ2) is 54.1. The topological polar surface area (TPSA) is 111 Å². The van der Waals surface area contributed by atoms with E-state index in [1.165, 1.54) is 161 Å². The van der Waals surface area contributed by atoms with Crippen LogP contribution < -0.4 is 5.32 Å². The first kappa shape index (κ1) is 71.7. The van der Waals surface area contributed by atoms with Gasteiger partial charge >= 0.3 is 13.8 Å². The lowest BCUT2D eigenvalue weighted by molar-refractivity contribution is -0.870. The van der Waals surface area contributed by atoms with Crippen molar-refractivity contribution in [3.8, 4) is 0 Å². The molecule has 0 heterocycles. The lowest BCUT2D eigenvalue weighted by atomic mass is 10.0. The van der Waals surface area contributed by atoms with E-state index in [1.54, 1.807) is 0 Å². The second-order valence-corrected chi connectivity index (χ2v) is 23.7. The summed E-state index contributed by atoms with van der Waals surface area (Å²) in [6.07, 6.45) is 67.8. The van der Waals surface area contributed by atoms with Gasteiger partial charge in [-0.3, -0.25) is 18.6 Å². The molecule has 0 saturated carbocycles. The number of carbonyl (C=O) groups excluding carboxylic acids is 2. The molecule has 3 atom stereocenters. The first-order chi connectivity index (χ1) is 35.9. The maximum absolute atomic E-state index is 13.5. The Morgan fingerprint density at radius 2 is 0.824 bits per heavy atom. The Labute approximate surface area is 458 Å². The predicted molar refractivity (Wildman–Crippen MR) is 318 cm³/mol. The highest BCUT2D eigenvalue weighted by molar-refractivity contribution is 7.47. The molecule has 2 N–H and O–H groups in total. The number of unbranched alkanes of at least 4 members (excludes halogenated alkanes) is 32. The van der Waals surface area contributed by atoms with Gasteiger partial charge in [-0.1, -0.05) is 255 Å². The van der Waals surface area contributed by atoms with Gasteiger partial charge in [-0.2, -0.15) is 0 Å². The molecule has 74 heavy (non-hydrogen) atoms. The highest BCUT2D eigenvalue weighted by atomic mass is 31.2. The van der Waals surface area contributed by atoms with Gasteiger partial charge < -0.3 is 19.4 Å². The fourth-order valence-corrected chi connectivity index (χ4v) is 9.60. The molecule has 0 aliphatic carbocycles. The third-order valence-electron chi connectivity index (χ3n) is 13.7. The normalized spacial score (nSPS) is 14.1. The summed E-state index contributed by atoms with van der Waals surface area (Å²) in [5.41, 5.74) is 0. The van der Waals surface area contributed by atoms with Crippen LogP contribution in [0.15, 0.2) is 60.8 Å². The highest BCUT2D eigenvalue weighted by Crippen LogP contribution is 2.43. The maximum atomic E-state index is 13.5. The summed E-state index contributed by atoms with van der Waals surface area (Å²) in [5, 5.41) is 3.05. The Bertz CT molecular complexity index is 1450. The fourth-order valence-electron chi connectivity index (χ4n) is 8.87. The van der Waals surface area contributed by atoms with Gasteiger partial charge in [-0.05, 0) is 76.7 Å². The van der Waals surface area contributed by atoms with Gasteiger partial charge in [0.1, 0.15) is 19.3 Å². The molecule has 0 fully saturated rings. The number of esters is 1. The number of carbonyl (C=O) groups is 2. The first-order valence-corrected chi connectivity index (χ1v) is 32.6. The minimum absolute atomic E-state index is 0.0376. The van der Waals surface area contributed by atoms with Crippen LogP contribution in [0.5, 0.6) is 0 Å². The average molecular weight is 1060 g/mol. The van der Waals surface area contributed by atoms with E-state index in [0.717, 1.165) is 89.9 Å². The molecule has 0 spiro atoms. The molecule has 1 amide bonds. The standard InChI is InChI=1S/C64H119N2O7P/c1-7-10-13-16-19-22-25-27-29-30-31-32-33-34-35-36-37-38-41-44-47-50-53-56-63(67)65-61(60-72-74(69,70)71-59-58-66(4,5)6)62(55-52-49-46-43-40-24-21-18-15-12-9-3)73-64(68)57-54-51-48-45-42-39-28-26-23-20-17-14-11-8-2/h19,22,27,29,31-32,34-35,52,55,61-62H,7-18,20-21,23-26,28,30,33,36-51,53-54,56-60H2,1-6H3,(H-,65,67,69,70)/p+1/b22-19-,29-27-,32-31-,35-34-,55-52-. The van der Waals surface area contributed by atoms with Crippen LogP contribution in [0.2, 0.25) is 0 Å². The average Bonchev–Trinajstić information content (AvgIpc) is 3.36. The van der Waals surface area contributed by atoms with Crippen LogP contribution in [0, 0.1) is 0 Å². The van der Waals surface area contributed by atoms with E-state index in [1.807, 2.05) is 33.3 Å². The van der Waals surface area contributed by atoms with Crippen molar-refractivity contribution in [1.82, 2.24) is 5.32 Å². The zero-order valence-electron chi connectivity index (χ0n) is 49.3. The maximum Gasteiger partial charge on any atom is 0.472 e. The second-order valence-electron chi connectivity index (χ2n) is 22.2. The summed E-state index contributed by atoms with van der Waals surface area (Å²) < 4.78 is 30.7. The monoisotopic (exact) mass is 1060 g/mol. The van der Waals surface area contributed by atoms with Crippen molar-refractivity contribution in [2.45, 2.75) is 296 Å². The van der Waals surface area contributed by atoms with Crippen molar-refractivity contribution in [3.63, 3.8) is 0 Å². The van der Waals surface area contributed by atoms with Crippen LogP contribution in [0.25, 0.3) is 0 Å². The molecule has 3 unspecified atom stereocenters. The SMILES string of the molecule is CCCCC/C=C\C/C=C\C/C=C\C/C=C\CCCCCCCCCC(=O)NC(COP(=O)(O)OCC[N+](C)(C)C)C(/C=C\CCCCCCCCCCC)OC(=O)CCCCCCCCCCCCCCCC. The third kappa shape index (κ3) is 54.5. The lowest BCUT2D eigenvalue weighted by Crippen LogP contribution is -2.47. The number of phosphoric acid groups is 1. The molecule has 0 aromatic heterocycles. The van der Waals surface area contributed by atoms with Crippen LogP contribution in [-0.2, 0) is 27.9 Å². The lowest BCUT2D eigenvalue weighted by Gasteiger charge is -2.27. The van der Waals surface area contributed by atoms with Crippen molar-refractivity contribution >= 4 is 19.7 Å². The van der Waals surface area contributed by atoms with Crippen LogP contribution in [0.3, 0.4) is 0 Å². The Morgan fingerprint density at radius 1 is 0.473 bits per heavy atom. The minimum atomic E-state index is -4.45. The number of rotatable bonds is 56. The van der Waals surface area contributed by atoms with Crippen LogP contribution in [0.4, 0.5) is 0 Å². The fraction of sp³-hybridized carbons (Fsp3) is 0.812. The molecule has 0 bridgehead atoms.